The van der Waals surface area contributed by atoms with E-state index in [0.29, 0.717) is 43.3 Å². The summed E-state index contributed by atoms with van der Waals surface area (Å²) in [6.45, 7) is 3.59. The zero-order chi connectivity index (χ0) is 28.7. The maximum Gasteiger partial charge on any atom is 0.321 e. The lowest BCUT2D eigenvalue weighted by Crippen LogP contribution is -2.43. The van der Waals surface area contributed by atoms with Gasteiger partial charge in [0.2, 0.25) is 11.7 Å². The van der Waals surface area contributed by atoms with Crippen LogP contribution in [0.4, 0.5) is 16.2 Å². The fourth-order valence-electron chi connectivity index (χ4n) is 5.80. The number of benzene rings is 1. The number of aryl methyl sites for hydroxylation is 1. The third-order valence-corrected chi connectivity index (χ3v) is 7.99. The highest BCUT2D eigenvalue weighted by atomic mass is 16.5. The largest absolute Gasteiger partial charge is 0.452 e. The van der Waals surface area contributed by atoms with Gasteiger partial charge in [-0.25, -0.2) is 9.78 Å². The molecule has 3 aromatic rings. The quantitative estimate of drug-likeness (QED) is 0.489. The maximum absolute atomic E-state index is 13.4. The molecule has 11 heteroatoms. The van der Waals surface area contributed by atoms with E-state index in [4.69, 9.17) is 9.47 Å². The van der Waals surface area contributed by atoms with Gasteiger partial charge in [-0.1, -0.05) is 0 Å². The maximum atomic E-state index is 13.4. The predicted octanol–water partition coefficient (Wildman–Crippen LogP) is 3.36. The number of hydrogen-bond acceptors (Lipinski definition) is 7. The molecule has 3 aliphatic heterocycles. The molecule has 11 nitrogen and oxygen atoms in total. The van der Waals surface area contributed by atoms with Crippen LogP contribution in [0.2, 0.25) is 0 Å². The molecule has 0 unspecified atom stereocenters. The number of piperidine rings is 1. The first-order valence-corrected chi connectivity index (χ1v) is 13.9. The Balaban J connectivity index is 1.24. The number of fused-ring (bicyclic) bond motifs is 2. The fourth-order valence-corrected chi connectivity index (χ4v) is 5.80. The molecule has 0 saturated carbocycles. The first-order chi connectivity index (χ1) is 19.8. The molecule has 0 atom stereocenters. The molecule has 0 bridgehead atoms. The summed E-state index contributed by atoms with van der Waals surface area (Å²) in [7, 11) is 5.54. The molecule has 2 fully saturated rings. The van der Waals surface area contributed by atoms with Gasteiger partial charge in [-0.15, -0.1) is 0 Å². The minimum atomic E-state index is -0.243. The number of ether oxygens (including phenoxy) is 2. The highest BCUT2D eigenvalue weighted by molar-refractivity contribution is 6.16. The van der Waals surface area contributed by atoms with Crippen molar-refractivity contribution in [3.63, 3.8) is 0 Å². The number of nitrogens with one attached hydrogen (secondary N) is 1. The summed E-state index contributed by atoms with van der Waals surface area (Å²) >= 11 is 0. The van der Waals surface area contributed by atoms with Crippen LogP contribution in [0.1, 0.15) is 28.8 Å². The second-order valence-corrected chi connectivity index (χ2v) is 10.9. The van der Waals surface area contributed by atoms with Gasteiger partial charge in [0.05, 0.1) is 18.8 Å². The number of morpholine rings is 1. The third-order valence-electron chi connectivity index (χ3n) is 7.99. The summed E-state index contributed by atoms with van der Waals surface area (Å²) in [5, 5.41) is 3.81. The smallest absolute Gasteiger partial charge is 0.321 e. The Labute approximate surface area is 238 Å². The fraction of sp³-hybridized carbons (Fsp3) is 0.400. The second-order valence-electron chi connectivity index (χ2n) is 10.9. The Hall–Kier alpha value is -4.38. The average molecular weight is 559 g/mol. The monoisotopic (exact) mass is 558 g/mol. The molecule has 0 aliphatic carbocycles. The lowest BCUT2D eigenvalue weighted by Gasteiger charge is -2.34. The Morgan fingerprint density at radius 3 is 2.59 bits per heavy atom. The van der Waals surface area contributed by atoms with Gasteiger partial charge in [0.15, 0.2) is 5.76 Å². The zero-order valence-electron chi connectivity index (χ0n) is 23.6. The molecule has 1 N–H and O–H groups in total. The Kier molecular flexibility index (Phi) is 7.12. The van der Waals surface area contributed by atoms with Crippen molar-refractivity contribution >= 4 is 46.2 Å². The molecule has 6 rings (SSSR count). The third kappa shape index (κ3) is 5.13. The number of carbonyl (C=O) groups is 3. The van der Waals surface area contributed by atoms with E-state index >= 15 is 0 Å². The second kappa shape index (κ2) is 10.9. The number of aromatic nitrogens is 2. The highest BCUT2D eigenvalue weighted by Gasteiger charge is 2.30. The number of carbonyl (C=O) groups excluding carboxylic acids is 3. The van der Waals surface area contributed by atoms with E-state index in [-0.39, 0.29) is 29.4 Å². The highest BCUT2D eigenvalue weighted by Crippen LogP contribution is 2.37. The number of hydrogen-bond donors (Lipinski definition) is 1. The molecule has 2 saturated heterocycles. The number of nitrogens with zero attached hydrogens (tertiary/aromatic N) is 5. The van der Waals surface area contributed by atoms with Gasteiger partial charge in [0.25, 0.3) is 0 Å². The molecule has 214 valence electrons. The summed E-state index contributed by atoms with van der Waals surface area (Å²) in [5.41, 5.74) is 3.59. The normalized spacial score (nSPS) is 18.5. The van der Waals surface area contributed by atoms with Crippen LogP contribution in [0.5, 0.6) is 5.75 Å². The van der Waals surface area contributed by atoms with Crippen molar-refractivity contribution in [2.24, 2.45) is 13.0 Å². The van der Waals surface area contributed by atoms with Crippen LogP contribution in [-0.4, -0.2) is 90.6 Å². The molecule has 3 amide bonds. The van der Waals surface area contributed by atoms with Crippen molar-refractivity contribution < 1.29 is 23.9 Å². The molecule has 0 spiro atoms. The van der Waals surface area contributed by atoms with Gasteiger partial charge in [-0.3, -0.25) is 9.59 Å². The van der Waals surface area contributed by atoms with Gasteiger partial charge >= 0.3 is 6.03 Å². The van der Waals surface area contributed by atoms with Crippen molar-refractivity contribution in [3.05, 3.63) is 53.5 Å². The summed E-state index contributed by atoms with van der Waals surface area (Å²) in [6.07, 6.45) is 7.08. The number of urea groups is 1. The van der Waals surface area contributed by atoms with Crippen LogP contribution in [0.25, 0.3) is 17.1 Å². The molecular formula is C30H34N6O5. The van der Waals surface area contributed by atoms with E-state index in [0.717, 1.165) is 48.2 Å². The number of ketones is 1. The van der Waals surface area contributed by atoms with Crippen LogP contribution in [-0.2, 0) is 16.6 Å². The number of pyridine rings is 1. The van der Waals surface area contributed by atoms with Crippen LogP contribution in [0.3, 0.4) is 0 Å². The Bertz CT molecular complexity index is 1550. The van der Waals surface area contributed by atoms with Crippen LogP contribution >= 0.6 is 0 Å². The molecular weight excluding hydrogens is 524 g/mol. The number of anilines is 2. The van der Waals surface area contributed by atoms with E-state index in [9.17, 15) is 14.4 Å². The molecule has 5 heterocycles. The van der Waals surface area contributed by atoms with E-state index < -0.39 is 0 Å². The minimum Gasteiger partial charge on any atom is -0.452 e. The van der Waals surface area contributed by atoms with E-state index in [1.54, 1.807) is 54.4 Å². The minimum absolute atomic E-state index is 0.0301. The van der Waals surface area contributed by atoms with Crippen molar-refractivity contribution in [3.8, 4) is 5.75 Å². The first kappa shape index (κ1) is 26.8. The zero-order valence-corrected chi connectivity index (χ0v) is 23.6. The van der Waals surface area contributed by atoms with E-state index in [1.165, 1.54) is 0 Å². The van der Waals surface area contributed by atoms with Gasteiger partial charge in [-0.05, 0) is 43.2 Å². The molecule has 1 aromatic carbocycles. The van der Waals surface area contributed by atoms with Crippen molar-refractivity contribution in [2.75, 3.05) is 63.7 Å². The number of Topliss-reactive ketones (excluding diaryl/α,β-unsaturated/α-hetero) is 1. The van der Waals surface area contributed by atoms with Crippen molar-refractivity contribution in [1.29, 1.82) is 0 Å². The SMILES string of the molecule is CN(C)C(=O)C1CCN(c2ccnc3c2c(C=C2Oc4ccc(NC(=O)N5CCOCC5)cc4C2=O)cn3C)CC1. The lowest BCUT2D eigenvalue weighted by molar-refractivity contribution is -0.133. The Morgan fingerprint density at radius 1 is 1.10 bits per heavy atom. The summed E-state index contributed by atoms with van der Waals surface area (Å²) in [5.74, 6) is 0.636. The summed E-state index contributed by atoms with van der Waals surface area (Å²) < 4.78 is 13.3. The number of allylic oxidation sites excluding steroid dienone is 1. The topological polar surface area (TPSA) is 109 Å². The molecule has 0 radical (unpaired) electrons. The number of amides is 3. The van der Waals surface area contributed by atoms with E-state index in [1.807, 2.05) is 23.9 Å². The van der Waals surface area contributed by atoms with E-state index in [2.05, 4.69) is 15.2 Å². The summed E-state index contributed by atoms with van der Waals surface area (Å²) in [4.78, 5) is 48.8. The van der Waals surface area contributed by atoms with Gasteiger partial charge in [-0.2, -0.15) is 0 Å². The number of rotatable bonds is 4. The molecule has 3 aliphatic rings. The predicted molar refractivity (Wildman–Crippen MR) is 155 cm³/mol. The first-order valence-electron chi connectivity index (χ1n) is 13.9. The van der Waals surface area contributed by atoms with Crippen molar-refractivity contribution in [2.45, 2.75) is 12.8 Å². The standard InChI is InChI=1S/C30H34N6O5/c1-33(2)29(38)19-7-10-35(11-8-19)23-6-9-31-28-26(23)20(18-34(28)3)16-25-27(37)22-17-21(4-5-24(22)41-25)32-30(39)36-12-14-40-15-13-36/h4-6,9,16-19H,7-8,10-15H2,1-3H3,(H,32,39). The Morgan fingerprint density at radius 2 is 1.85 bits per heavy atom. The van der Waals surface area contributed by atoms with Gasteiger partial charge in [0, 0.05) is 88.0 Å². The van der Waals surface area contributed by atoms with Gasteiger partial charge in [0.1, 0.15) is 11.4 Å². The van der Waals surface area contributed by atoms with Crippen LogP contribution < -0.4 is 15.0 Å². The van der Waals surface area contributed by atoms with Crippen LogP contribution in [0.15, 0.2) is 42.4 Å². The molecule has 2 aromatic heterocycles. The average Bonchev–Trinajstić information content (AvgIpc) is 3.48. The molecule has 41 heavy (non-hydrogen) atoms. The lowest BCUT2D eigenvalue weighted by atomic mass is 9.95. The van der Waals surface area contributed by atoms with Crippen LogP contribution in [0, 0.1) is 5.92 Å². The summed E-state index contributed by atoms with van der Waals surface area (Å²) in [6, 6.07) is 6.87. The van der Waals surface area contributed by atoms with Gasteiger partial charge < -0.3 is 34.1 Å². The van der Waals surface area contributed by atoms with Crippen molar-refractivity contribution in [1.82, 2.24) is 19.4 Å².